The Kier molecular flexibility index (Phi) is 10.1. The number of amides is 1. The molecule has 0 aromatic heterocycles. The molecule has 1 saturated heterocycles. The fourth-order valence-electron chi connectivity index (χ4n) is 5.82. The molecule has 1 saturated carbocycles. The summed E-state index contributed by atoms with van der Waals surface area (Å²) in [5.41, 5.74) is -3.25. The average molecular weight is 761 g/mol. The van der Waals surface area contributed by atoms with Gasteiger partial charge >= 0.3 is 12.4 Å². The van der Waals surface area contributed by atoms with Gasteiger partial charge in [0.15, 0.2) is 11.9 Å². The predicted octanol–water partition coefficient (Wildman–Crippen LogP) is 8.81. The first kappa shape index (κ1) is 36.9. The number of rotatable bonds is 9. The molecular weight excluding hydrogens is 740 g/mol. The number of halogens is 12. The number of anilines is 1. The minimum Gasteiger partial charge on any atom is -0.368 e. The molecule has 2 aliphatic rings. The van der Waals surface area contributed by atoms with Crippen LogP contribution in [0.25, 0.3) is 0 Å². The van der Waals surface area contributed by atoms with Crippen molar-refractivity contribution in [2.45, 2.75) is 48.0 Å². The fraction of sp³-hybridized carbons (Fsp3) is 0.344. The highest BCUT2D eigenvalue weighted by Crippen LogP contribution is 2.65. The van der Waals surface area contributed by atoms with Crippen LogP contribution in [0.5, 0.6) is 0 Å². The number of hydrogen-bond acceptors (Lipinski definition) is 4. The lowest BCUT2D eigenvalue weighted by molar-refractivity contribution is -0.216. The van der Waals surface area contributed by atoms with Gasteiger partial charge in [0.25, 0.3) is 0 Å². The minimum atomic E-state index is -5.03. The van der Waals surface area contributed by atoms with E-state index in [0.29, 0.717) is 12.1 Å². The van der Waals surface area contributed by atoms with E-state index in [9.17, 15) is 49.5 Å². The van der Waals surface area contributed by atoms with Crippen LogP contribution in [0.15, 0.2) is 48.5 Å². The van der Waals surface area contributed by atoms with Gasteiger partial charge in [-0.25, -0.2) is 13.2 Å². The molecule has 4 atom stereocenters. The van der Waals surface area contributed by atoms with Crippen molar-refractivity contribution in [3.8, 4) is 0 Å². The molecule has 1 N–H and O–H groups in total. The molecule has 1 amide bonds. The molecule has 2 fully saturated rings. The van der Waals surface area contributed by atoms with Crippen LogP contribution < -0.4 is 5.32 Å². The molecular formula is C32H21Cl3F9NO4. The third-order valence-corrected chi connectivity index (χ3v) is 9.59. The first-order valence-corrected chi connectivity index (χ1v) is 15.4. The molecule has 2 unspecified atom stereocenters. The molecule has 1 aliphatic heterocycles. The summed E-state index contributed by atoms with van der Waals surface area (Å²) in [7, 11) is 0. The third-order valence-electron chi connectivity index (χ3n) is 8.32. The van der Waals surface area contributed by atoms with Crippen molar-refractivity contribution < 1.29 is 58.6 Å². The first-order valence-electron chi connectivity index (χ1n) is 14.3. The Morgan fingerprint density at radius 1 is 0.898 bits per heavy atom. The number of ketones is 2. The van der Waals surface area contributed by atoms with Gasteiger partial charge in [0.1, 0.15) is 27.6 Å². The number of benzene rings is 3. The molecule has 0 bridgehead atoms. The lowest BCUT2D eigenvalue weighted by Gasteiger charge is -2.20. The zero-order valence-electron chi connectivity index (χ0n) is 24.4. The number of hydrogen-bond donors (Lipinski definition) is 1. The summed E-state index contributed by atoms with van der Waals surface area (Å²) >= 11 is 18.6. The van der Waals surface area contributed by atoms with Crippen molar-refractivity contribution >= 4 is 58.0 Å². The minimum absolute atomic E-state index is 0.0496. The molecule has 0 radical (unpaired) electrons. The lowest BCUT2D eigenvalue weighted by Crippen LogP contribution is -2.38. The van der Waals surface area contributed by atoms with Gasteiger partial charge in [-0.1, -0.05) is 23.7 Å². The summed E-state index contributed by atoms with van der Waals surface area (Å²) < 4.78 is 126. The molecule has 17 heteroatoms. The molecule has 3 aromatic carbocycles. The zero-order valence-corrected chi connectivity index (χ0v) is 26.7. The predicted molar refractivity (Wildman–Crippen MR) is 159 cm³/mol. The van der Waals surface area contributed by atoms with Gasteiger partial charge in [-0.3, -0.25) is 14.4 Å². The number of nitrogens with one attached hydrogen (secondary N) is 1. The second-order valence-electron chi connectivity index (χ2n) is 11.5. The SMILES string of the molecule is O=C(Cc1ccc(F)c(CC(=O)C2CCOC2C(F)(F)F)c1F)c1cc(NC(=O)[C@H]2[C@H](c3ccc(F)c(C(F)(F)F)c3)C2(Cl)Cl)ccc1Cl. The van der Waals surface area contributed by atoms with E-state index in [4.69, 9.17) is 34.8 Å². The van der Waals surface area contributed by atoms with Gasteiger partial charge in [0.2, 0.25) is 5.91 Å². The quantitative estimate of drug-likeness (QED) is 0.135. The van der Waals surface area contributed by atoms with Crippen LogP contribution in [0.2, 0.25) is 5.02 Å². The third kappa shape index (κ3) is 7.57. The highest BCUT2D eigenvalue weighted by Gasteiger charge is 2.67. The Bertz CT molecular complexity index is 1830. The highest BCUT2D eigenvalue weighted by molar-refractivity contribution is 6.53. The maximum absolute atomic E-state index is 15.4. The topological polar surface area (TPSA) is 72.5 Å². The molecule has 5 rings (SSSR count). The molecule has 5 nitrogen and oxygen atoms in total. The summed E-state index contributed by atoms with van der Waals surface area (Å²) in [6, 6.07) is 7.34. The van der Waals surface area contributed by atoms with Crippen LogP contribution in [0.3, 0.4) is 0 Å². The Balaban J connectivity index is 1.31. The fourth-order valence-corrected chi connectivity index (χ4v) is 6.87. The van der Waals surface area contributed by atoms with Gasteiger partial charge in [-0.15, -0.1) is 23.2 Å². The maximum atomic E-state index is 15.4. The van der Waals surface area contributed by atoms with E-state index in [1.807, 2.05) is 0 Å². The second kappa shape index (κ2) is 13.4. The van der Waals surface area contributed by atoms with E-state index in [1.165, 1.54) is 12.1 Å². The molecule has 262 valence electrons. The Morgan fingerprint density at radius 3 is 2.22 bits per heavy atom. The Labute approximate surface area is 286 Å². The van der Waals surface area contributed by atoms with Crippen LogP contribution in [-0.2, 0) is 33.3 Å². The van der Waals surface area contributed by atoms with Crippen molar-refractivity contribution in [3.63, 3.8) is 0 Å². The van der Waals surface area contributed by atoms with Crippen molar-refractivity contribution in [2.75, 3.05) is 11.9 Å². The monoisotopic (exact) mass is 759 g/mol. The number of carbonyl (C=O) groups excluding carboxylic acids is 3. The second-order valence-corrected chi connectivity index (χ2v) is 13.4. The Morgan fingerprint density at radius 2 is 1.57 bits per heavy atom. The van der Waals surface area contributed by atoms with Gasteiger partial charge in [0.05, 0.1) is 22.4 Å². The van der Waals surface area contributed by atoms with E-state index in [-0.39, 0.29) is 34.9 Å². The maximum Gasteiger partial charge on any atom is 0.419 e. The Hall–Kier alpha value is -3.33. The van der Waals surface area contributed by atoms with Gasteiger partial charge in [-0.05, 0) is 53.9 Å². The smallest absolute Gasteiger partial charge is 0.368 e. The van der Waals surface area contributed by atoms with Gasteiger partial charge in [0, 0.05) is 42.2 Å². The number of carbonyl (C=O) groups is 3. The molecule has 3 aromatic rings. The largest absolute Gasteiger partial charge is 0.419 e. The summed E-state index contributed by atoms with van der Waals surface area (Å²) in [6.45, 7) is -0.364. The molecule has 1 aliphatic carbocycles. The number of Topliss-reactive ketones (excluding diaryl/α,β-unsaturated/α-hetero) is 2. The van der Waals surface area contributed by atoms with Crippen LogP contribution >= 0.6 is 34.8 Å². The van der Waals surface area contributed by atoms with Crippen molar-refractivity contribution in [1.82, 2.24) is 0 Å². The van der Waals surface area contributed by atoms with Crippen LogP contribution in [-0.4, -0.2) is 40.7 Å². The van der Waals surface area contributed by atoms with Gasteiger partial charge < -0.3 is 10.1 Å². The van der Waals surface area contributed by atoms with Crippen molar-refractivity contribution in [1.29, 1.82) is 0 Å². The standard InChI is InChI=1S/C32H21Cl3F9NO4/c33-20-4-3-15(45-29(48)26-25(30(26,34)35)13-1-6-22(37)19(9-13)31(39,40)41)11-17(20)23(46)10-14-2-5-21(36)18(27(14)38)12-24(47)16-7-8-49-28(16)32(42,43)44/h1-6,9,11,16,25-26,28H,7-8,10,12H2,(H,45,48)/t16?,25-,26+,28?/m0/s1. The zero-order chi connectivity index (χ0) is 36.2. The van der Waals surface area contributed by atoms with Crippen molar-refractivity contribution in [2.24, 2.45) is 11.8 Å². The van der Waals surface area contributed by atoms with Crippen molar-refractivity contribution in [3.05, 3.63) is 98.8 Å². The van der Waals surface area contributed by atoms with E-state index in [2.05, 4.69) is 10.1 Å². The number of ether oxygens (including phenoxy) is 1. The molecule has 1 heterocycles. The number of alkyl halides is 8. The van der Waals surface area contributed by atoms with E-state index < -0.39 is 105 Å². The van der Waals surface area contributed by atoms with E-state index in [0.717, 1.165) is 24.3 Å². The lowest BCUT2D eigenvalue weighted by atomic mass is 9.90. The summed E-state index contributed by atoms with van der Waals surface area (Å²) in [4.78, 5) is 38.9. The van der Waals surface area contributed by atoms with Crippen LogP contribution in [0.4, 0.5) is 45.2 Å². The van der Waals surface area contributed by atoms with E-state index in [1.54, 1.807) is 0 Å². The highest BCUT2D eigenvalue weighted by atomic mass is 35.5. The van der Waals surface area contributed by atoms with Crippen LogP contribution in [0, 0.1) is 29.3 Å². The molecule has 49 heavy (non-hydrogen) atoms. The van der Waals surface area contributed by atoms with E-state index >= 15 is 4.39 Å². The first-order chi connectivity index (χ1) is 22.7. The summed E-state index contributed by atoms with van der Waals surface area (Å²) in [6.07, 6.45) is -14.4. The molecule has 0 spiro atoms. The normalized spacial score (nSPS) is 21.8. The van der Waals surface area contributed by atoms with Gasteiger partial charge in [-0.2, -0.15) is 26.3 Å². The summed E-state index contributed by atoms with van der Waals surface area (Å²) in [5.74, 6) is -11.0. The van der Waals surface area contributed by atoms with Crippen LogP contribution in [0.1, 0.15) is 45.0 Å². The summed E-state index contributed by atoms with van der Waals surface area (Å²) in [5, 5.41) is 2.27. The average Bonchev–Trinajstić information content (AvgIpc) is 3.31.